The molecule has 1 atom stereocenters. The Labute approximate surface area is 91.9 Å². The summed E-state index contributed by atoms with van der Waals surface area (Å²) >= 11 is 0. The van der Waals surface area contributed by atoms with Gasteiger partial charge in [0.2, 0.25) is 0 Å². The van der Waals surface area contributed by atoms with Gasteiger partial charge in [0.05, 0.1) is 0 Å². The first-order valence-corrected chi connectivity index (χ1v) is 5.99. The van der Waals surface area contributed by atoms with Gasteiger partial charge in [-0.1, -0.05) is 12.8 Å². The highest BCUT2D eigenvalue weighted by atomic mass is 14.6. The van der Waals surface area contributed by atoms with E-state index in [0.717, 1.165) is 18.8 Å². The van der Waals surface area contributed by atoms with E-state index in [1.165, 1.54) is 31.2 Å². The minimum absolute atomic E-state index is 0.388. The summed E-state index contributed by atoms with van der Waals surface area (Å²) in [4.78, 5) is 4.01. The molecular formula is C13H20N2. The minimum atomic E-state index is 0.388. The zero-order valence-electron chi connectivity index (χ0n) is 9.23. The molecule has 0 bridgehead atoms. The standard InChI is InChI=1S/C13H20N2/c14-13(5-3-11-1-2-11)6-4-12-7-9-15-10-8-12/h7-11,13H,1-6,14H2. The lowest BCUT2D eigenvalue weighted by Gasteiger charge is -2.10. The van der Waals surface area contributed by atoms with E-state index in [1.807, 2.05) is 12.4 Å². The molecule has 0 aliphatic heterocycles. The summed E-state index contributed by atoms with van der Waals surface area (Å²) < 4.78 is 0. The number of aryl methyl sites for hydroxylation is 1. The Balaban J connectivity index is 1.63. The van der Waals surface area contributed by atoms with E-state index in [2.05, 4.69) is 17.1 Å². The molecule has 2 heteroatoms. The highest BCUT2D eigenvalue weighted by Crippen LogP contribution is 2.33. The molecule has 82 valence electrons. The van der Waals surface area contributed by atoms with Crippen molar-refractivity contribution in [1.82, 2.24) is 4.98 Å². The predicted octanol–water partition coefficient (Wildman–Crippen LogP) is 2.53. The van der Waals surface area contributed by atoms with Gasteiger partial charge in [-0.2, -0.15) is 0 Å². The maximum atomic E-state index is 6.08. The van der Waals surface area contributed by atoms with Crippen LogP contribution in [0, 0.1) is 5.92 Å². The molecule has 1 saturated carbocycles. The third kappa shape index (κ3) is 4.00. The molecule has 1 heterocycles. The summed E-state index contributed by atoms with van der Waals surface area (Å²) in [5.41, 5.74) is 7.44. The van der Waals surface area contributed by atoms with Crippen LogP contribution in [0.3, 0.4) is 0 Å². The summed E-state index contributed by atoms with van der Waals surface area (Å²) in [6.07, 6.45) is 11.3. The molecule has 2 N–H and O–H groups in total. The number of hydrogen-bond acceptors (Lipinski definition) is 2. The molecule has 1 aromatic rings. The maximum absolute atomic E-state index is 6.08. The van der Waals surface area contributed by atoms with Crippen LogP contribution in [0.5, 0.6) is 0 Å². The Bertz CT molecular complexity index is 280. The number of nitrogens with zero attached hydrogens (tertiary/aromatic N) is 1. The van der Waals surface area contributed by atoms with Gasteiger partial charge in [-0.3, -0.25) is 4.98 Å². The smallest absolute Gasteiger partial charge is 0.0270 e. The lowest BCUT2D eigenvalue weighted by molar-refractivity contribution is 0.524. The topological polar surface area (TPSA) is 38.9 Å². The summed E-state index contributed by atoms with van der Waals surface area (Å²) in [5, 5.41) is 0. The fourth-order valence-corrected chi connectivity index (χ4v) is 1.90. The van der Waals surface area contributed by atoms with Crippen molar-refractivity contribution >= 4 is 0 Å². The van der Waals surface area contributed by atoms with Gasteiger partial charge in [0.25, 0.3) is 0 Å². The molecule has 1 aliphatic carbocycles. The second-order valence-corrected chi connectivity index (χ2v) is 4.67. The van der Waals surface area contributed by atoms with Crippen molar-refractivity contribution in [3.63, 3.8) is 0 Å². The lowest BCUT2D eigenvalue weighted by Crippen LogP contribution is -2.20. The van der Waals surface area contributed by atoms with Gasteiger partial charge >= 0.3 is 0 Å². The van der Waals surface area contributed by atoms with Crippen LogP contribution in [0.25, 0.3) is 0 Å². The van der Waals surface area contributed by atoms with Gasteiger partial charge in [-0.15, -0.1) is 0 Å². The minimum Gasteiger partial charge on any atom is -0.328 e. The van der Waals surface area contributed by atoms with Crippen LogP contribution in [0.1, 0.15) is 37.7 Å². The van der Waals surface area contributed by atoms with E-state index < -0.39 is 0 Å². The Morgan fingerprint density at radius 1 is 1.27 bits per heavy atom. The summed E-state index contributed by atoms with van der Waals surface area (Å²) in [7, 11) is 0. The second-order valence-electron chi connectivity index (χ2n) is 4.67. The molecule has 2 nitrogen and oxygen atoms in total. The van der Waals surface area contributed by atoms with Crippen LogP contribution >= 0.6 is 0 Å². The predicted molar refractivity (Wildman–Crippen MR) is 62.5 cm³/mol. The fraction of sp³-hybridized carbons (Fsp3) is 0.615. The Hall–Kier alpha value is -0.890. The largest absolute Gasteiger partial charge is 0.328 e. The maximum Gasteiger partial charge on any atom is 0.0270 e. The van der Waals surface area contributed by atoms with Crippen LogP contribution in [-0.2, 0) is 6.42 Å². The molecule has 0 aromatic carbocycles. The van der Waals surface area contributed by atoms with Crippen molar-refractivity contribution in [3.05, 3.63) is 30.1 Å². The first-order valence-electron chi connectivity index (χ1n) is 5.99. The molecule has 0 amide bonds. The van der Waals surface area contributed by atoms with Gasteiger partial charge in [-0.25, -0.2) is 0 Å². The fourth-order valence-electron chi connectivity index (χ4n) is 1.90. The number of rotatable bonds is 6. The van der Waals surface area contributed by atoms with Gasteiger partial charge < -0.3 is 5.73 Å². The summed E-state index contributed by atoms with van der Waals surface area (Å²) in [6.45, 7) is 0. The van der Waals surface area contributed by atoms with Crippen molar-refractivity contribution in [2.24, 2.45) is 11.7 Å². The van der Waals surface area contributed by atoms with E-state index in [0.29, 0.717) is 6.04 Å². The third-order valence-electron chi connectivity index (χ3n) is 3.20. The van der Waals surface area contributed by atoms with Gasteiger partial charge in [0.15, 0.2) is 0 Å². The first-order chi connectivity index (χ1) is 7.34. The monoisotopic (exact) mass is 204 g/mol. The lowest BCUT2D eigenvalue weighted by atomic mass is 10.0. The highest BCUT2D eigenvalue weighted by molar-refractivity contribution is 5.09. The van der Waals surface area contributed by atoms with Crippen LogP contribution in [0.2, 0.25) is 0 Å². The Kier molecular flexibility index (Phi) is 3.73. The molecule has 1 aliphatic rings. The SMILES string of the molecule is NC(CCc1ccncc1)CCC1CC1. The Morgan fingerprint density at radius 2 is 2.00 bits per heavy atom. The molecule has 15 heavy (non-hydrogen) atoms. The zero-order valence-corrected chi connectivity index (χ0v) is 9.23. The molecule has 2 rings (SSSR count). The van der Waals surface area contributed by atoms with E-state index in [4.69, 9.17) is 5.73 Å². The number of pyridine rings is 1. The zero-order chi connectivity index (χ0) is 10.5. The van der Waals surface area contributed by atoms with Crippen molar-refractivity contribution < 1.29 is 0 Å². The molecule has 1 aromatic heterocycles. The molecule has 1 fully saturated rings. The molecule has 0 spiro atoms. The normalized spacial score (nSPS) is 17.7. The quantitative estimate of drug-likeness (QED) is 0.773. The van der Waals surface area contributed by atoms with E-state index in [1.54, 1.807) is 0 Å². The van der Waals surface area contributed by atoms with Crippen molar-refractivity contribution in [1.29, 1.82) is 0 Å². The number of aromatic nitrogens is 1. The van der Waals surface area contributed by atoms with Crippen molar-refractivity contribution in [2.75, 3.05) is 0 Å². The average molecular weight is 204 g/mol. The van der Waals surface area contributed by atoms with E-state index in [9.17, 15) is 0 Å². The first kappa shape index (κ1) is 10.6. The van der Waals surface area contributed by atoms with Crippen LogP contribution in [0.15, 0.2) is 24.5 Å². The van der Waals surface area contributed by atoms with Gasteiger partial charge in [0, 0.05) is 18.4 Å². The van der Waals surface area contributed by atoms with E-state index in [-0.39, 0.29) is 0 Å². The van der Waals surface area contributed by atoms with E-state index >= 15 is 0 Å². The number of nitrogens with two attached hydrogens (primary N) is 1. The molecule has 0 saturated heterocycles. The third-order valence-corrected chi connectivity index (χ3v) is 3.20. The van der Waals surface area contributed by atoms with Gasteiger partial charge in [0.1, 0.15) is 0 Å². The molecular weight excluding hydrogens is 184 g/mol. The van der Waals surface area contributed by atoms with Crippen LogP contribution < -0.4 is 5.73 Å². The summed E-state index contributed by atoms with van der Waals surface area (Å²) in [6, 6.07) is 4.54. The van der Waals surface area contributed by atoms with Crippen LogP contribution in [-0.4, -0.2) is 11.0 Å². The van der Waals surface area contributed by atoms with Crippen molar-refractivity contribution in [2.45, 2.75) is 44.6 Å². The van der Waals surface area contributed by atoms with Crippen LogP contribution in [0.4, 0.5) is 0 Å². The average Bonchev–Trinajstić information content (AvgIpc) is 3.09. The Morgan fingerprint density at radius 3 is 2.67 bits per heavy atom. The van der Waals surface area contributed by atoms with Gasteiger partial charge in [-0.05, 0) is 49.3 Å². The molecule has 0 radical (unpaired) electrons. The number of hydrogen-bond donors (Lipinski definition) is 1. The molecule has 1 unspecified atom stereocenters. The summed E-state index contributed by atoms with van der Waals surface area (Å²) in [5.74, 6) is 1.01. The van der Waals surface area contributed by atoms with Crippen molar-refractivity contribution in [3.8, 4) is 0 Å². The highest BCUT2D eigenvalue weighted by Gasteiger charge is 2.21. The second kappa shape index (κ2) is 5.26.